The summed E-state index contributed by atoms with van der Waals surface area (Å²) in [4.78, 5) is 3.94. The van der Waals surface area contributed by atoms with Gasteiger partial charge in [-0.15, -0.1) is 11.6 Å². The molecule has 0 spiro atoms. The number of nitrogens with zero attached hydrogens (tertiary/aromatic N) is 1. The van der Waals surface area contributed by atoms with Crippen molar-refractivity contribution < 1.29 is 4.39 Å². The van der Waals surface area contributed by atoms with E-state index in [1.165, 1.54) is 6.07 Å². The highest BCUT2D eigenvalue weighted by molar-refractivity contribution is 6.20. The Morgan fingerprint density at radius 1 is 1.24 bits per heavy atom. The zero-order valence-electron chi connectivity index (χ0n) is 9.53. The molecule has 0 aliphatic carbocycles. The van der Waals surface area contributed by atoms with E-state index in [9.17, 15) is 4.39 Å². The highest BCUT2D eigenvalue weighted by Gasteiger charge is 2.13. The normalized spacial score (nSPS) is 12.4. The Morgan fingerprint density at radius 3 is 2.59 bits per heavy atom. The molecule has 2 aromatic rings. The Labute approximate surface area is 105 Å². The van der Waals surface area contributed by atoms with Crippen LogP contribution in [0.25, 0.3) is 0 Å². The molecule has 0 saturated carbocycles. The number of rotatable bonds is 3. The van der Waals surface area contributed by atoms with Gasteiger partial charge >= 0.3 is 0 Å². The van der Waals surface area contributed by atoms with E-state index in [1.807, 2.05) is 25.1 Å². The van der Waals surface area contributed by atoms with Crippen molar-refractivity contribution in [1.29, 1.82) is 0 Å². The molecule has 1 heterocycles. The van der Waals surface area contributed by atoms with Crippen molar-refractivity contribution in [3.05, 3.63) is 65.2 Å². The lowest BCUT2D eigenvalue weighted by Gasteiger charge is -2.11. The Balaban J connectivity index is 2.17. The molecule has 2 rings (SSSR count). The summed E-state index contributed by atoms with van der Waals surface area (Å²) in [6.07, 6.45) is 4.03. The Hall–Kier alpha value is -1.41. The van der Waals surface area contributed by atoms with Gasteiger partial charge in [0.1, 0.15) is 5.82 Å². The third kappa shape index (κ3) is 3.04. The zero-order valence-corrected chi connectivity index (χ0v) is 10.3. The lowest BCUT2D eigenvalue weighted by atomic mass is 10.0. The second kappa shape index (κ2) is 5.28. The second-order valence-corrected chi connectivity index (χ2v) is 4.58. The van der Waals surface area contributed by atoms with E-state index in [0.29, 0.717) is 12.0 Å². The summed E-state index contributed by atoms with van der Waals surface area (Å²) in [5.41, 5.74) is 2.51. The minimum absolute atomic E-state index is 0.237. The average molecular weight is 250 g/mol. The van der Waals surface area contributed by atoms with Gasteiger partial charge in [-0.05, 0) is 42.7 Å². The number of benzene rings is 1. The van der Waals surface area contributed by atoms with E-state index in [4.69, 9.17) is 11.6 Å². The molecule has 1 aromatic carbocycles. The average Bonchev–Trinajstić information content (AvgIpc) is 2.30. The van der Waals surface area contributed by atoms with Crippen LogP contribution >= 0.6 is 11.6 Å². The number of aromatic nitrogens is 1. The molecule has 17 heavy (non-hydrogen) atoms. The van der Waals surface area contributed by atoms with Gasteiger partial charge in [-0.3, -0.25) is 4.98 Å². The number of pyridine rings is 1. The molecule has 0 amide bonds. The molecular weight excluding hydrogens is 237 g/mol. The summed E-state index contributed by atoms with van der Waals surface area (Å²) in [6, 6.07) is 8.92. The number of hydrogen-bond donors (Lipinski definition) is 0. The summed E-state index contributed by atoms with van der Waals surface area (Å²) >= 11 is 6.24. The molecule has 1 nitrogen and oxygen atoms in total. The maximum absolute atomic E-state index is 13.7. The predicted octanol–water partition coefficient (Wildman–Crippen LogP) is 4.05. The van der Waals surface area contributed by atoms with Gasteiger partial charge in [0.15, 0.2) is 0 Å². The van der Waals surface area contributed by atoms with Crippen LogP contribution in [0, 0.1) is 12.7 Å². The molecule has 1 unspecified atom stereocenters. The van der Waals surface area contributed by atoms with Crippen molar-refractivity contribution in [2.75, 3.05) is 0 Å². The highest BCUT2D eigenvalue weighted by atomic mass is 35.5. The summed E-state index contributed by atoms with van der Waals surface area (Å²) < 4.78 is 13.7. The van der Waals surface area contributed by atoms with Gasteiger partial charge in [0.2, 0.25) is 0 Å². The van der Waals surface area contributed by atoms with E-state index >= 15 is 0 Å². The molecule has 0 saturated heterocycles. The quantitative estimate of drug-likeness (QED) is 0.748. The first-order valence-electron chi connectivity index (χ1n) is 5.46. The van der Waals surface area contributed by atoms with Crippen LogP contribution in [0.2, 0.25) is 0 Å². The van der Waals surface area contributed by atoms with E-state index in [2.05, 4.69) is 4.98 Å². The van der Waals surface area contributed by atoms with Gasteiger partial charge in [-0.2, -0.15) is 0 Å². The van der Waals surface area contributed by atoms with Gasteiger partial charge in [0.05, 0.1) is 5.38 Å². The monoisotopic (exact) mass is 249 g/mol. The van der Waals surface area contributed by atoms with Crippen molar-refractivity contribution in [2.24, 2.45) is 0 Å². The third-order valence-corrected chi connectivity index (χ3v) is 3.05. The standard InChI is InChI=1S/C14H13ClFN/c1-10-2-3-12(14(16)8-10)13(15)9-11-4-6-17-7-5-11/h2-8,13H,9H2,1H3. The number of halogens is 2. The van der Waals surface area contributed by atoms with Crippen molar-refractivity contribution >= 4 is 11.6 Å². The van der Waals surface area contributed by atoms with Crippen LogP contribution in [0.4, 0.5) is 4.39 Å². The molecule has 1 atom stereocenters. The Bertz CT molecular complexity index is 499. The molecule has 1 aromatic heterocycles. The van der Waals surface area contributed by atoms with Crippen LogP contribution in [-0.4, -0.2) is 4.98 Å². The second-order valence-electron chi connectivity index (χ2n) is 4.05. The lowest BCUT2D eigenvalue weighted by molar-refractivity contribution is 0.604. The molecule has 0 fully saturated rings. The number of hydrogen-bond acceptors (Lipinski definition) is 1. The van der Waals surface area contributed by atoms with Gasteiger partial charge in [0.25, 0.3) is 0 Å². The third-order valence-electron chi connectivity index (χ3n) is 2.66. The SMILES string of the molecule is Cc1ccc(C(Cl)Cc2ccncc2)c(F)c1. The van der Waals surface area contributed by atoms with Crippen molar-refractivity contribution in [3.8, 4) is 0 Å². The van der Waals surface area contributed by atoms with Crippen molar-refractivity contribution in [3.63, 3.8) is 0 Å². The minimum atomic E-state index is -0.349. The molecule has 0 radical (unpaired) electrons. The summed E-state index contributed by atoms with van der Waals surface area (Å²) in [5.74, 6) is -0.237. The minimum Gasteiger partial charge on any atom is -0.265 e. The zero-order chi connectivity index (χ0) is 12.3. The van der Waals surface area contributed by atoms with Crippen LogP contribution in [0.5, 0.6) is 0 Å². The first-order valence-corrected chi connectivity index (χ1v) is 5.89. The molecule has 0 aliphatic rings. The molecule has 3 heteroatoms. The van der Waals surface area contributed by atoms with Crippen LogP contribution < -0.4 is 0 Å². The van der Waals surface area contributed by atoms with Crippen LogP contribution in [0.1, 0.15) is 22.1 Å². The molecule has 0 aliphatic heterocycles. The van der Waals surface area contributed by atoms with Gasteiger partial charge < -0.3 is 0 Å². The molecule has 0 bridgehead atoms. The van der Waals surface area contributed by atoms with Gasteiger partial charge in [0, 0.05) is 18.0 Å². The molecular formula is C14H13ClFN. The largest absolute Gasteiger partial charge is 0.265 e. The summed E-state index contributed by atoms with van der Waals surface area (Å²) in [6.45, 7) is 1.86. The van der Waals surface area contributed by atoms with Crippen LogP contribution in [-0.2, 0) is 6.42 Å². The van der Waals surface area contributed by atoms with E-state index < -0.39 is 0 Å². The van der Waals surface area contributed by atoms with E-state index in [0.717, 1.165) is 11.1 Å². The van der Waals surface area contributed by atoms with Gasteiger partial charge in [-0.1, -0.05) is 12.1 Å². The van der Waals surface area contributed by atoms with E-state index in [-0.39, 0.29) is 11.2 Å². The van der Waals surface area contributed by atoms with Gasteiger partial charge in [-0.25, -0.2) is 4.39 Å². The van der Waals surface area contributed by atoms with Crippen molar-refractivity contribution in [1.82, 2.24) is 4.98 Å². The fourth-order valence-corrected chi connectivity index (χ4v) is 2.08. The highest BCUT2D eigenvalue weighted by Crippen LogP contribution is 2.27. The first-order chi connectivity index (χ1) is 8.16. The molecule has 88 valence electrons. The smallest absolute Gasteiger partial charge is 0.128 e. The van der Waals surface area contributed by atoms with Crippen LogP contribution in [0.15, 0.2) is 42.7 Å². The molecule has 0 N–H and O–H groups in total. The number of alkyl halides is 1. The maximum atomic E-state index is 13.7. The predicted molar refractivity (Wildman–Crippen MR) is 67.7 cm³/mol. The Kier molecular flexibility index (Phi) is 3.75. The fourth-order valence-electron chi connectivity index (χ4n) is 1.72. The lowest BCUT2D eigenvalue weighted by Crippen LogP contribution is -1.99. The maximum Gasteiger partial charge on any atom is 0.128 e. The topological polar surface area (TPSA) is 12.9 Å². The summed E-state index contributed by atoms with van der Waals surface area (Å²) in [5, 5.41) is -0.349. The van der Waals surface area contributed by atoms with Crippen LogP contribution in [0.3, 0.4) is 0 Å². The van der Waals surface area contributed by atoms with E-state index in [1.54, 1.807) is 18.5 Å². The first kappa shape index (κ1) is 12.1. The number of aryl methyl sites for hydroxylation is 1. The summed E-state index contributed by atoms with van der Waals surface area (Å²) in [7, 11) is 0. The Morgan fingerprint density at radius 2 is 1.94 bits per heavy atom. The van der Waals surface area contributed by atoms with Crippen molar-refractivity contribution in [2.45, 2.75) is 18.7 Å². The fraction of sp³-hybridized carbons (Fsp3) is 0.214.